The van der Waals surface area contributed by atoms with Gasteiger partial charge in [-0.25, -0.2) is 0 Å². The average molecular weight is 368 g/mol. The number of anilines is 1. The monoisotopic (exact) mass is 368 g/mol. The normalized spacial score (nSPS) is 11.8. The van der Waals surface area contributed by atoms with E-state index in [2.05, 4.69) is 15.5 Å². The van der Waals surface area contributed by atoms with Gasteiger partial charge >= 0.3 is 0 Å². The molecule has 9 heteroatoms. The Morgan fingerprint density at radius 1 is 1.33 bits per heavy atom. The summed E-state index contributed by atoms with van der Waals surface area (Å²) in [6, 6.07) is 5.84. The Kier molecular flexibility index (Phi) is 6.68. The highest BCUT2D eigenvalue weighted by Gasteiger charge is 2.14. The predicted molar refractivity (Wildman–Crippen MR) is 96.2 cm³/mol. The van der Waals surface area contributed by atoms with Crippen LogP contribution in [0.5, 0.6) is 11.5 Å². The minimum Gasteiger partial charge on any atom is -0.493 e. The molecule has 0 aliphatic heterocycles. The summed E-state index contributed by atoms with van der Waals surface area (Å²) < 4.78 is 11.2. The standard InChI is InChI=1S/C15H20N4O3S2/c1-9(13(16)20)23-15-19-18-14(24-15)17-7-6-10-4-5-11(21-2)12(8-10)22-3/h4-5,8-9H,6-7H2,1-3H3,(H2,16,20)(H,17,18)/t9-/m0/s1. The summed E-state index contributed by atoms with van der Waals surface area (Å²) in [6.45, 7) is 2.46. The third-order valence-electron chi connectivity index (χ3n) is 3.22. The fourth-order valence-electron chi connectivity index (χ4n) is 1.89. The molecule has 1 heterocycles. The zero-order valence-corrected chi connectivity index (χ0v) is 15.4. The lowest BCUT2D eigenvalue weighted by Crippen LogP contribution is -2.22. The van der Waals surface area contributed by atoms with E-state index < -0.39 is 0 Å². The lowest BCUT2D eigenvalue weighted by molar-refractivity contribution is -0.117. The second-order valence-electron chi connectivity index (χ2n) is 4.90. The number of carbonyl (C=O) groups is 1. The highest BCUT2D eigenvalue weighted by molar-refractivity contribution is 8.02. The highest BCUT2D eigenvalue weighted by atomic mass is 32.2. The number of thioether (sulfide) groups is 1. The number of nitrogens with one attached hydrogen (secondary N) is 1. The maximum atomic E-state index is 11.1. The lowest BCUT2D eigenvalue weighted by atomic mass is 10.1. The zero-order valence-electron chi connectivity index (χ0n) is 13.7. The van der Waals surface area contributed by atoms with E-state index in [9.17, 15) is 4.79 Å². The summed E-state index contributed by atoms with van der Waals surface area (Å²) in [4.78, 5) is 11.1. The fraction of sp³-hybridized carbons (Fsp3) is 0.400. The maximum Gasteiger partial charge on any atom is 0.230 e. The predicted octanol–water partition coefficient (Wildman–Crippen LogP) is 2.18. The van der Waals surface area contributed by atoms with Gasteiger partial charge in [0, 0.05) is 6.54 Å². The molecule has 130 valence electrons. The topological polar surface area (TPSA) is 99.4 Å². The van der Waals surface area contributed by atoms with Crippen molar-refractivity contribution in [2.45, 2.75) is 22.9 Å². The molecule has 2 rings (SSSR count). The van der Waals surface area contributed by atoms with Gasteiger partial charge in [0.1, 0.15) is 0 Å². The van der Waals surface area contributed by atoms with Crippen molar-refractivity contribution in [1.29, 1.82) is 0 Å². The number of aromatic nitrogens is 2. The first kappa shape index (κ1) is 18.3. The summed E-state index contributed by atoms with van der Waals surface area (Å²) in [7, 11) is 3.23. The van der Waals surface area contributed by atoms with Crippen LogP contribution in [0.15, 0.2) is 22.5 Å². The Labute approximate surface area is 148 Å². The molecule has 0 saturated heterocycles. The second-order valence-corrected chi connectivity index (χ2v) is 7.47. The van der Waals surface area contributed by atoms with Crippen LogP contribution in [0.3, 0.4) is 0 Å². The molecule has 0 saturated carbocycles. The van der Waals surface area contributed by atoms with Crippen molar-refractivity contribution in [3.63, 3.8) is 0 Å². The molecular formula is C15H20N4O3S2. The molecule has 1 atom stereocenters. The number of nitrogens with zero attached hydrogens (tertiary/aromatic N) is 2. The van der Waals surface area contributed by atoms with E-state index in [1.54, 1.807) is 21.1 Å². The molecule has 1 aromatic heterocycles. The number of rotatable bonds is 9. The number of benzene rings is 1. The summed E-state index contributed by atoms with van der Waals surface area (Å²) in [6.07, 6.45) is 0.806. The van der Waals surface area contributed by atoms with Gasteiger partial charge in [0.15, 0.2) is 15.8 Å². The van der Waals surface area contributed by atoms with Crippen LogP contribution in [0, 0.1) is 0 Å². The number of amides is 1. The van der Waals surface area contributed by atoms with E-state index in [4.69, 9.17) is 15.2 Å². The summed E-state index contributed by atoms with van der Waals surface area (Å²) in [5.74, 6) is 1.06. The lowest BCUT2D eigenvalue weighted by Gasteiger charge is -2.09. The van der Waals surface area contributed by atoms with Crippen molar-refractivity contribution in [3.05, 3.63) is 23.8 Å². The van der Waals surface area contributed by atoms with Gasteiger partial charge in [0.05, 0.1) is 19.5 Å². The van der Waals surface area contributed by atoms with E-state index in [-0.39, 0.29) is 11.2 Å². The van der Waals surface area contributed by atoms with E-state index in [0.717, 1.165) is 21.5 Å². The van der Waals surface area contributed by atoms with Gasteiger partial charge in [-0.2, -0.15) is 0 Å². The summed E-state index contributed by atoms with van der Waals surface area (Å²) in [5, 5.41) is 11.7. The number of primary amides is 1. The Bertz CT molecular complexity index is 693. The molecule has 0 unspecified atom stereocenters. The highest BCUT2D eigenvalue weighted by Crippen LogP contribution is 2.29. The molecule has 7 nitrogen and oxygen atoms in total. The van der Waals surface area contributed by atoms with Gasteiger partial charge in [0.25, 0.3) is 0 Å². The van der Waals surface area contributed by atoms with Gasteiger partial charge < -0.3 is 20.5 Å². The Morgan fingerprint density at radius 3 is 2.75 bits per heavy atom. The first-order chi connectivity index (χ1) is 11.5. The Hall–Kier alpha value is -2.00. The van der Waals surface area contributed by atoms with Gasteiger partial charge in [-0.1, -0.05) is 29.2 Å². The maximum absolute atomic E-state index is 11.1. The number of ether oxygens (including phenoxy) is 2. The first-order valence-corrected chi connectivity index (χ1v) is 8.97. The largest absolute Gasteiger partial charge is 0.493 e. The van der Waals surface area contributed by atoms with E-state index in [1.807, 2.05) is 18.2 Å². The summed E-state index contributed by atoms with van der Waals surface area (Å²) >= 11 is 2.72. The molecule has 0 aliphatic rings. The minimum absolute atomic E-state index is 0.322. The quantitative estimate of drug-likeness (QED) is 0.654. The van der Waals surface area contributed by atoms with Crippen LogP contribution in [0.25, 0.3) is 0 Å². The molecule has 3 N–H and O–H groups in total. The van der Waals surface area contributed by atoms with E-state index >= 15 is 0 Å². The van der Waals surface area contributed by atoms with Crippen molar-refractivity contribution in [3.8, 4) is 11.5 Å². The zero-order chi connectivity index (χ0) is 17.5. The first-order valence-electron chi connectivity index (χ1n) is 7.27. The average Bonchev–Trinajstić information content (AvgIpc) is 3.01. The van der Waals surface area contributed by atoms with Crippen LogP contribution >= 0.6 is 23.1 Å². The molecule has 0 aliphatic carbocycles. The number of nitrogens with two attached hydrogens (primary N) is 1. The van der Waals surface area contributed by atoms with Crippen molar-refractivity contribution < 1.29 is 14.3 Å². The molecule has 0 fully saturated rings. The van der Waals surface area contributed by atoms with Crippen LogP contribution in [-0.2, 0) is 11.2 Å². The Balaban J connectivity index is 1.86. The van der Waals surface area contributed by atoms with Gasteiger partial charge in [-0.15, -0.1) is 10.2 Å². The molecule has 2 aromatic rings. The molecular weight excluding hydrogens is 348 g/mol. The number of hydrogen-bond donors (Lipinski definition) is 2. The van der Waals surface area contributed by atoms with E-state index in [0.29, 0.717) is 18.0 Å². The molecule has 0 spiro atoms. The molecule has 24 heavy (non-hydrogen) atoms. The molecule has 0 radical (unpaired) electrons. The van der Waals surface area contributed by atoms with Gasteiger partial charge in [0.2, 0.25) is 11.0 Å². The van der Waals surface area contributed by atoms with Gasteiger partial charge in [-0.05, 0) is 31.0 Å². The third kappa shape index (κ3) is 5.00. The Morgan fingerprint density at radius 2 is 2.08 bits per heavy atom. The summed E-state index contributed by atoms with van der Waals surface area (Å²) in [5.41, 5.74) is 6.37. The van der Waals surface area contributed by atoms with Crippen molar-refractivity contribution >= 4 is 34.1 Å². The number of methoxy groups -OCH3 is 2. The van der Waals surface area contributed by atoms with Crippen molar-refractivity contribution in [1.82, 2.24) is 10.2 Å². The third-order valence-corrected chi connectivity index (χ3v) is 5.31. The van der Waals surface area contributed by atoms with Gasteiger partial charge in [-0.3, -0.25) is 4.79 Å². The second kappa shape index (κ2) is 8.74. The molecule has 0 bridgehead atoms. The van der Waals surface area contributed by atoms with Crippen LogP contribution in [0.2, 0.25) is 0 Å². The van der Waals surface area contributed by atoms with Crippen molar-refractivity contribution in [2.24, 2.45) is 5.73 Å². The molecule has 1 aromatic carbocycles. The van der Waals surface area contributed by atoms with Crippen LogP contribution in [0.4, 0.5) is 5.13 Å². The SMILES string of the molecule is COc1ccc(CCNc2nnc(S[C@@H](C)C(N)=O)s2)cc1OC. The van der Waals surface area contributed by atoms with Crippen molar-refractivity contribution in [2.75, 3.05) is 26.1 Å². The van der Waals surface area contributed by atoms with Crippen LogP contribution in [-0.4, -0.2) is 42.1 Å². The fourth-order valence-corrected chi connectivity index (χ4v) is 3.76. The van der Waals surface area contributed by atoms with E-state index in [1.165, 1.54) is 23.1 Å². The number of hydrogen-bond acceptors (Lipinski definition) is 8. The van der Waals surface area contributed by atoms with Crippen LogP contribution in [0.1, 0.15) is 12.5 Å². The molecule has 1 amide bonds. The van der Waals surface area contributed by atoms with Crippen LogP contribution < -0.4 is 20.5 Å². The number of carbonyl (C=O) groups excluding carboxylic acids is 1. The smallest absolute Gasteiger partial charge is 0.230 e. The minimum atomic E-state index is -0.363.